The third kappa shape index (κ3) is 4.34. The van der Waals surface area contributed by atoms with Crippen LogP contribution in [0.2, 0.25) is 0 Å². The molecule has 4 rings (SSSR count). The number of hydrogen-bond donors (Lipinski definition) is 1. The van der Waals surface area contributed by atoms with Crippen molar-refractivity contribution in [3.8, 4) is 10.6 Å². The first-order chi connectivity index (χ1) is 14.7. The Morgan fingerprint density at radius 2 is 1.97 bits per heavy atom. The normalized spacial score (nSPS) is 17.8. The third-order valence-electron chi connectivity index (χ3n) is 5.76. The van der Waals surface area contributed by atoms with Crippen LogP contribution in [0.15, 0.2) is 46.6 Å². The molecule has 2 atom stereocenters. The van der Waals surface area contributed by atoms with Crippen LogP contribution in [0.25, 0.3) is 16.1 Å². The summed E-state index contributed by atoms with van der Waals surface area (Å²) in [4.78, 5) is 13.1. The van der Waals surface area contributed by atoms with E-state index < -0.39 is 0 Å². The van der Waals surface area contributed by atoms with Gasteiger partial charge < -0.3 is 5.11 Å². The first-order valence-corrected chi connectivity index (χ1v) is 11.7. The smallest absolute Gasteiger partial charge is 0.167 e. The predicted octanol–water partition coefficient (Wildman–Crippen LogP) is 6.78. The molecule has 0 bridgehead atoms. The predicted molar refractivity (Wildman–Crippen MR) is 125 cm³/mol. The summed E-state index contributed by atoms with van der Waals surface area (Å²) in [6, 6.07) is 10.2. The molecule has 1 aromatic heterocycles. The molecule has 1 N–H and O–H groups in total. The molecule has 7 heteroatoms. The van der Waals surface area contributed by atoms with Crippen molar-refractivity contribution in [2.75, 3.05) is 0 Å². The van der Waals surface area contributed by atoms with Crippen LogP contribution in [0.4, 0.5) is 4.39 Å². The highest BCUT2D eigenvalue weighted by Gasteiger charge is 2.34. The van der Waals surface area contributed by atoms with Gasteiger partial charge in [0, 0.05) is 34.4 Å². The van der Waals surface area contributed by atoms with Crippen LogP contribution in [0, 0.1) is 25.6 Å². The number of benzene rings is 2. The number of allylic oxidation sites excluding steroid dienone is 2. The largest absolute Gasteiger partial charge is 0.512 e. The molecule has 0 saturated carbocycles. The lowest BCUT2D eigenvalue weighted by molar-refractivity contribution is -0.115. The van der Waals surface area contributed by atoms with Gasteiger partial charge in [0.1, 0.15) is 21.6 Å². The number of hydrogen-bond acceptors (Lipinski definition) is 5. The van der Waals surface area contributed by atoms with Gasteiger partial charge in [-0.15, -0.1) is 10.2 Å². The van der Waals surface area contributed by atoms with Gasteiger partial charge in [0.15, 0.2) is 5.78 Å². The fourth-order valence-electron chi connectivity index (χ4n) is 4.15. The van der Waals surface area contributed by atoms with Crippen LogP contribution in [-0.2, 0) is 4.79 Å². The van der Waals surface area contributed by atoms with Crippen molar-refractivity contribution >= 4 is 38.6 Å². The monoisotopic (exact) mass is 500 g/mol. The molecule has 1 aliphatic rings. The molecular formula is C24H22BrFN2O2S. The number of carbonyl (C=O) groups excluding carboxylic acids is 1. The van der Waals surface area contributed by atoms with Crippen molar-refractivity contribution in [3.63, 3.8) is 0 Å². The molecule has 0 spiro atoms. The number of Topliss-reactive ketones (excluding diaryl/α,β-unsaturated/α-hetero) is 1. The summed E-state index contributed by atoms with van der Waals surface area (Å²) in [5, 5.41) is 20.8. The molecule has 31 heavy (non-hydrogen) atoms. The van der Waals surface area contributed by atoms with Crippen LogP contribution in [0.1, 0.15) is 47.4 Å². The van der Waals surface area contributed by atoms with Gasteiger partial charge in [0.05, 0.1) is 5.57 Å². The first-order valence-electron chi connectivity index (χ1n) is 10.1. The van der Waals surface area contributed by atoms with Crippen molar-refractivity contribution in [2.45, 2.75) is 39.5 Å². The lowest BCUT2D eigenvalue weighted by atomic mass is 9.77. The standard InChI is InChI=1S/C24H22BrFN2O2S/c1-12-7-13(2)21(18(25)8-12)22-19(29)10-16(11-20(22)30)14(3)23-27-28-24(31-23)15-5-4-6-17(26)9-15/h4-9,14,16,29H,10-11H2,1-3H3. The number of halogens is 2. The Morgan fingerprint density at radius 1 is 1.19 bits per heavy atom. The Balaban J connectivity index is 1.60. The number of aryl methyl sites for hydroxylation is 2. The number of nitrogens with zero attached hydrogens (tertiary/aromatic N) is 2. The van der Waals surface area contributed by atoms with E-state index in [-0.39, 0.29) is 29.2 Å². The lowest BCUT2D eigenvalue weighted by Gasteiger charge is -2.28. The molecule has 2 unspecified atom stereocenters. The van der Waals surface area contributed by atoms with Crippen LogP contribution in [0.3, 0.4) is 0 Å². The lowest BCUT2D eigenvalue weighted by Crippen LogP contribution is -2.23. The van der Waals surface area contributed by atoms with Gasteiger partial charge in [-0.3, -0.25) is 4.79 Å². The van der Waals surface area contributed by atoms with Gasteiger partial charge in [-0.25, -0.2) is 4.39 Å². The summed E-state index contributed by atoms with van der Waals surface area (Å²) in [6.45, 7) is 5.94. The van der Waals surface area contributed by atoms with Gasteiger partial charge in [0.2, 0.25) is 0 Å². The Kier molecular flexibility index (Phi) is 6.08. The zero-order valence-electron chi connectivity index (χ0n) is 17.4. The highest BCUT2D eigenvalue weighted by molar-refractivity contribution is 9.10. The number of carbonyl (C=O) groups is 1. The Morgan fingerprint density at radius 3 is 2.65 bits per heavy atom. The number of aliphatic hydroxyl groups excluding tert-OH is 1. The van der Waals surface area contributed by atoms with E-state index in [0.717, 1.165) is 26.2 Å². The molecular weight excluding hydrogens is 479 g/mol. The van der Waals surface area contributed by atoms with Crippen molar-refractivity contribution in [1.82, 2.24) is 10.2 Å². The molecule has 0 fully saturated rings. The third-order valence-corrected chi connectivity index (χ3v) is 7.56. The highest BCUT2D eigenvalue weighted by atomic mass is 79.9. The van der Waals surface area contributed by atoms with Crippen LogP contribution in [-0.4, -0.2) is 21.1 Å². The molecule has 4 nitrogen and oxygen atoms in total. The second-order valence-corrected chi connectivity index (χ2v) is 9.96. The summed E-state index contributed by atoms with van der Waals surface area (Å²) in [5.41, 5.74) is 3.90. The van der Waals surface area contributed by atoms with Crippen molar-refractivity contribution in [2.24, 2.45) is 5.92 Å². The second-order valence-electron chi connectivity index (χ2n) is 8.10. The van der Waals surface area contributed by atoms with Crippen molar-refractivity contribution in [3.05, 3.63) is 74.1 Å². The summed E-state index contributed by atoms with van der Waals surface area (Å²) >= 11 is 4.96. The van der Waals surface area contributed by atoms with Gasteiger partial charge in [-0.05, 0) is 49.1 Å². The Bertz CT molecular complexity index is 1180. The fraction of sp³-hybridized carbons (Fsp3) is 0.292. The van der Waals surface area contributed by atoms with E-state index in [1.54, 1.807) is 12.1 Å². The molecule has 0 saturated heterocycles. The fourth-order valence-corrected chi connectivity index (χ4v) is 6.01. The van der Waals surface area contributed by atoms with Crippen molar-refractivity contribution in [1.29, 1.82) is 0 Å². The van der Waals surface area contributed by atoms with Gasteiger partial charge in [-0.1, -0.05) is 52.4 Å². The summed E-state index contributed by atoms with van der Waals surface area (Å²) in [7, 11) is 0. The van der Waals surface area contributed by atoms with E-state index in [1.165, 1.54) is 23.5 Å². The minimum atomic E-state index is -0.319. The van der Waals surface area contributed by atoms with E-state index in [2.05, 4.69) is 26.1 Å². The number of rotatable bonds is 4. The molecule has 3 aromatic rings. The molecule has 2 aromatic carbocycles. The average Bonchev–Trinajstić information content (AvgIpc) is 3.19. The van der Waals surface area contributed by atoms with Crippen LogP contribution >= 0.6 is 27.3 Å². The molecule has 0 radical (unpaired) electrons. The van der Waals surface area contributed by atoms with E-state index in [0.29, 0.717) is 29.0 Å². The number of aliphatic hydroxyl groups is 1. The molecule has 160 valence electrons. The zero-order chi connectivity index (χ0) is 22.3. The summed E-state index contributed by atoms with van der Waals surface area (Å²) < 4.78 is 14.3. The Labute approximate surface area is 193 Å². The van der Waals surface area contributed by atoms with Crippen LogP contribution < -0.4 is 0 Å². The highest BCUT2D eigenvalue weighted by Crippen LogP contribution is 2.42. The maximum absolute atomic E-state index is 13.5. The van der Waals surface area contributed by atoms with Gasteiger partial charge in [0.25, 0.3) is 0 Å². The molecule has 1 heterocycles. The van der Waals surface area contributed by atoms with Gasteiger partial charge >= 0.3 is 0 Å². The van der Waals surface area contributed by atoms with E-state index in [9.17, 15) is 14.3 Å². The molecule has 1 aliphatic carbocycles. The molecule has 0 amide bonds. The van der Waals surface area contributed by atoms with Crippen molar-refractivity contribution < 1.29 is 14.3 Å². The van der Waals surface area contributed by atoms with Gasteiger partial charge in [-0.2, -0.15) is 0 Å². The van der Waals surface area contributed by atoms with E-state index >= 15 is 0 Å². The second kappa shape index (κ2) is 8.63. The van der Waals surface area contributed by atoms with E-state index in [1.807, 2.05) is 32.9 Å². The molecule has 0 aliphatic heterocycles. The number of ketones is 1. The van der Waals surface area contributed by atoms with Crippen LogP contribution in [0.5, 0.6) is 0 Å². The maximum atomic E-state index is 13.5. The maximum Gasteiger partial charge on any atom is 0.167 e. The number of aromatic nitrogens is 2. The topological polar surface area (TPSA) is 63.1 Å². The minimum Gasteiger partial charge on any atom is -0.512 e. The quantitative estimate of drug-likeness (QED) is 0.428. The SMILES string of the molecule is Cc1cc(C)c(C2=C(O)CC(C(C)c3nnc(-c4cccc(F)c4)s3)CC2=O)c(Br)c1. The Hall–Kier alpha value is -2.38. The summed E-state index contributed by atoms with van der Waals surface area (Å²) in [6.07, 6.45) is 0.728. The van der Waals surface area contributed by atoms with E-state index in [4.69, 9.17) is 0 Å². The first kappa shape index (κ1) is 21.8. The summed E-state index contributed by atoms with van der Waals surface area (Å²) in [5.74, 6) is -0.400. The zero-order valence-corrected chi connectivity index (χ0v) is 19.8. The average molecular weight is 501 g/mol. The minimum absolute atomic E-state index is 0.0602.